The van der Waals surface area contributed by atoms with E-state index >= 15 is 0 Å². The summed E-state index contributed by atoms with van der Waals surface area (Å²) < 4.78 is 6.23. The van der Waals surface area contributed by atoms with Crippen LogP contribution in [-0.4, -0.2) is 22.0 Å². The van der Waals surface area contributed by atoms with E-state index < -0.39 is 6.10 Å². The van der Waals surface area contributed by atoms with Gasteiger partial charge in [-0.05, 0) is 47.1 Å². The zero-order chi connectivity index (χ0) is 14.1. The number of aromatic nitrogens is 2. The van der Waals surface area contributed by atoms with Crippen LogP contribution in [0.3, 0.4) is 0 Å². The lowest BCUT2D eigenvalue weighted by Gasteiger charge is -2.31. The van der Waals surface area contributed by atoms with Gasteiger partial charge in [-0.25, -0.2) is 4.98 Å². The van der Waals surface area contributed by atoms with Crippen LogP contribution in [0.1, 0.15) is 12.6 Å². The first-order valence-corrected chi connectivity index (χ1v) is 6.99. The van der Waals surface area contributed by atoms with E-state index in [1.54, 1.807) is 30.2 Å². The van der Waals surface area contributed by atoms with Crippen LogP contribution in [0.5, 0.6) is 5.75 Å². The van der Waals surface area contributed by atoms with E-state index in [9.17, 15) is 4.79 Å². The molecular weight excluding hydrogens is 322 g/mol. The van der Waals surface area contributed by atoms with Crippen molar-refractivity contribution in [3.05, 3.63) is 46.8 Å². The molecule has 6 heteroatoms. The number of halogens is 1. The van der Waals surface area contributed by atoms with Crippen LogP contribution in [0.2, 0.25) is 0 Å². The highest BCUT2D eigenvalue weighted by Crippen LogP contribution is 2.34. The molecule has 0 spiro atoms. The number of anilines is 1. The Labute approximate surface area is 124 Å². The highest BCUT2D eigenvalue weighted by molar-refractivity contribution is 9.10. The number of rotatable bonds is 2. The first-order valence-electron chi connectivity index (χ1n) is 6.19. The maximum Gasteiger partial charge on any atom is 0.269 e. The van der Waals surface area contributed by atoms with Gasteiger partial charge in [-0.2, -0.15) is 0 Å². The van der Waals surface area contributed by atoms with Gasteiger partial charge in [0.25, 0.3) is 5.91 Å². The molecule has 1 unspecified atom stereocenters. The van der Waals surface area contributed by atoms with E-state index in [0.29, 0.717) is 22.7 Å². The van der Waals surface area contributed by atoms with Gasteiger partial charge in [-0.1, -0.05) is 6.07 Å². The van der Waals surface area contributed by atoms with Crippen molar-refractivity contribution in [1.29, 1.82) is 0 Å². The van der Waals surface area contributed by atoms with Gasteiger partial charge in [0.05, 0.1) is 12.2 Å². The van der Waals surface area contributed by atoms with Crippen LogP contribution in [0.4, 0.5) is 5.82 Å². The van der Waals surface area contributed by atoms with Crippen LogP contribution in [0.15, 0.2) is 41.1 Å². The van der Waals surface area contributed by atoms with Gasteiger partial charge in [-0.3, -0.25) is 14.7 Å². The predicted molar refractivity (Wildman–Crippen MR) is 77.5 cm³/mol. The fraction of sp³-hybridized carbons (Fsp3) is 0.214. The molecule has 1 amide bonds. The van der Waals surface area contributed by atoms with Crippen LogP contribution >= 0.6 is 15.9 Å². The second-order valence-electron chi connectivity index (χ2n) is 4.46. The molecule has 20 heavy (non-hydrogen) atoms. The normalized spacial score (nSPS) is 17.6. The van der Waals surface area contributed by atoms with E-state index in [0.717, 1.165) is 5.69 Å². The molecule has 3 heterocycles. The molecule has 1 atom stereocenters. The lowest BCUT2D eigenvalue weighted by Crippen LogP contribution is -2.44. The van der Waals surface area contributed by atoms with Gasteiger partial charge in [0.2, 0.25) is 0 Å². The molecule has 102 valence electrons. The molecule has 1 aliphatic heterocycles. The van der Waals surface area contributed by atoms with E-state index in [-0.39, 0.29) is 5.91 Å². The predicted octanol–water partition coefficient (Wildman–Crippen LogP) is 2.55. The highest BCUT2D eigenvalue weighted by Gasteiger charge is 2.33. The van der Waals surface area contributed by atoms with Gasteiger partial charge in [0.1, 0.15) is 4.60 Å². The Hall–Kier alpha value is -1.95. The summed E-state index contributed by atoms with van der Waals surface area (Å²) in [4.78, 5) is 22.5. The smallest absolute Gasteiger partial charge is 0.269 e. The molecule has 5 nitrogen and oxygen atoms in total. The standard InChI is InChI=1S/C14H12BrN3O2/c1-9-14(19)18(8-10-4-2-3-7-16-10)13-11(20-9)5-6-12(15)17-13/h2-7,9H,8H2,1H3. The number of ether oxygens (including phenoxy) is 1. The van der Waals surface area contributed by atoms with Gasteiger partial charge in [-0.15, -0.1) is 0 Å². The summed E-state index contributed by atoms with van der Waals surface area (Å²) in [6.07, 6.45) is 1.19. The summed E-state index contributed by atoms with van der Waals surface area (Å²) >= 11 is 3.32. The Balaban J connectivity index is 2.00. The van der Waals surface area contributed by atoms with Crippen molar-refractivity contribution >= 4 is 27.7 Å². The lowest BCUT2D eigenvalue weighted by molar-refractivity contribution is -0.125. The molecule has 2 aromatic rings. The Morgan fingerprint density at radius 3 is 2.95 bits per heavy atom. The summed E-state index contributed by atoms with van der Waals surface area (Å²) in [6, 6.07) is 9.22. The molecule has 0 saturated heterocycles. The van der Waals surface area contributed by atoms with E-state index in [1.807, 2.05) is 18.2 Å². The average molecular weight is 334 g/mol. The Morgan fingerprint density at radius 2 is 2.20 bits per heavy atom. The third-order valence-corrected chi connectivity index (χ3v) is 3.47. The van der Waals surface area contributed by atoms with Crippen molar-refractivity contribution in [2.45, 2.75) is 19.6 Å². The number of hydrogen-bond acceptors (Lipinski definition) is 4. The maximum atomic E-state index is 12.3. The van der Waals surface area contributed by atoms with Crippen LogP contribution in [0.25, 0.3) is 0 Å². The van der Waals surface area contributed by atoms with Crippen LogP contribution < -0.4 is 9.64 Å². The van der Waals surface area contributed by atoms with E-state index in [2.05, 4.69) is 25.9 Å². The molecule has 0 bridgehead atoms. The van der Waals surface area contributed by atoms with Crippen molar-refractivity contribution < 1.29 is 9.53 Å². The molecule has 3 rings (SSSR count). The molecule has 1 aliphatic rings. The fourth-order valence-corrected chi connectivity index (χ4v) is 2.37. The second-order valence-corrected chi connectivity index (χ2v) is 5.27. The first kappa shape index (κ1) is 13.1. The number of carbonyl (C=O) groups excluding carboxylic acids is 1. The van der Waals surface area contributed by atoms with Gasteiger partial charge >= 0.3 is 0 Å². The second kappa shape index (κ2) is 5.20. The first-order chi connectivity index (χ1) is 9.65. The van der Waals surface area contributed by atoms with E-state index in [4.69, 9.17) is 4.74 Å². The summed E-state index contributed by atoms with van der Waals surface area (Å²) in [7, 11) is 0. The molecule has 2 aromatic heterocycles. The topological polar surface area (TPSA) is 55.3 Å². The number of carbonyl (C=O) groups is 1. The van der Waals surface area contributed by atoms with Crippen molar-refractivity contribution in [3.8, 4) is 5.75 Å². The van der Waals surface area contributed by atoms with Crippen molar-refractivity contribution in [2.24, 2.45) is 0 Å². The largest absolute Gasteiger partial charge is 0.477 e. The molecule has 0 radical (unpaired) electrons. The third-order valence-electron chi connectivity index (χ3n) is 3.02. The minimum atomic E-state index is -0.519. The Morgan fingerprint density at radius 1 is 1.35 bits per heavy atom. The molecule has 0 aliphatic carbocycles. The van der Waals surface area contributed by atoms with Gasteiger partial charge < -0.3 is 4.74 Å². The molecule has 0 N–H and O–H groups in total. The number of hydrogen-bond donors (Lipinski definition) is 0. The van der Waals surface area contributed by atoms with Crippen molar-refractivity contribution in [3.63, 3.8) is 0 Å². The molecule has 0 saturated carbocycles. The quantitative estimate of drug-likeness (QED) is 0.792. The van der Waals surface area contributed by atoms with Crippen molar-refractivity contribution in [1.82, 2.24) is 9.97 Å². The minimum Gasteiger partial charge on any atom is -0.477 e. The minimum absolute atomic E-state index is 0.117. The van der Waals surface area contributed by atoms with Crippen LogP contribution in [0, 0.1) is 0 Å². The Kier molecular flexibility index (Phi) is 3.40. The molecular formula is C14H12BrN3O2. The lowest BCUT2D eigenvalue weighted by atomic mass is 10.2. The Bertz CT molecular complexity index is 648. The third kappa shape index (κ3) is 2.38. The average Bonchev–Trinajstić information content (AvgIpc) is 2.46. The summed E-state index contributed by atoms with van der Waals surface area (Å²) in [5.74, 6) is 1.01. The maximum absolute atomic E-state index is 12.3. The summed E-state index contributed by atoms with van der Waals surface area (Å²) in [6.45, 7) is 2.11. The molecule has 0 fully saturated rings. The zero-order valence-corrected chi connectivity index (χ0v) is 12.4. The number of amides is 1. The van der Waals surface area contributed by atoms with Crippen LogP contribution in [-0.2, 0) is 11.3 Å². The number of nitrogens with zero attached hydrogens (tertiary/aromatic N) is 3. The zero-order valence-electron chi connectivity index (χ0n) is 10.8. The van der Waals surface area contributed by atoms with E-state index in [1.165, 1.54) is 0 Å². The summed E-state index contributed by atoms with van der Waals surface area (Å²) in [5, 5.41) is 0. The van der Waals surface area contributed by atoms with Crippen molar-refractivity contribution in [2.75, 3.05) is 4.90 Å². The summed E-state index contributed by atoms with van der Waals surface area (Å²) in [5.41, 5.74) is 0.808. The fourth-order valence-electron chi connectivity index (χ4n) is 2.07. The SMILES string of the molecule is CC1Oc2ccc(Br)nc2N(Cc2ccccn2)C1=O. The number of pyridine rings is 2. The van der Waals surface area contributed by atoms with Gasteiger partial charge in [0.15, 0.2) is 17.7 Å². The number of fused-ring (bicyclic) bond motifs is 1. The molecule has 0 aromatic carbocycles. The van der Waals surface area contributed by atoms with Gasteiger partial charge in [0, 0.05) is 6.20 Å². The highest BCUT2D eigenvalue weighted by atomic mass is 79.9. The monoisotopic (exact) mass is 333 g/mol.